The molecule has 0 fully saturated rings. The first-order chi connectivity index (χ1) is 7.83. The van der Waals surface area contributed by atoms with Crippen molar-refractivity contribution in [1.82, 2.24) is 15.2 Å². The van der Waals surface area contributed by atoms with E-state index in [9.17, 15) is 4.79 Å². The number of carbonyl (C=O) groups is 1. The van der Waals surface area contributed by atoms with Crippen molar-refractivity contribution in [3.63, 3.8) is 0 Å². The number of carbonyl (C=O) groups excluding carboxylic acids is 1. The average Bonchev–Trinajstić information content (AvgIpc) is 2.39. The zero-order chi connectivity index (χ0) is 11.4. The molecule has 2 aromatic rings. The second-order valence-corrected chi connectivity index (χ2v) is 3.05. The zero-order valence-corrected chi connectivity index (χ0v) is 8.62. The van der Waals surface area contributed by atoms with Crippen LogP contribution in [0.25, 0.3) is 11.3 Å². The van der Waals surface area contributed by atoms with Gasteiger partial charge in [-0.3, -0.25) is 4.79 Å². The quantitative estimate of drug-likeness (QED) is 0.723. The van der Waals surface area contributed by atoms with E-state index in [4.69, 9.17) is 4.74 Å². The largest absolute Gasteiger partial charge is 0.497 e. The van der Waals surface area contributed by atoms with Gasteiger partial charge in [-0.1, -0.05) is 0 Å². The SMILES string of the molecule is COc1ccc(-c2cnnc(C=O)n2)cc1. The van der Waals surface area contributed by atoms with Crippen LogP contribution in [0.4, 0.5) is 0 Å². The standard InChI is InChI=1S/C11H9N3O2/c1-16-9-4-2-8(3-5-9)10-6-12-14-11(7-15)13-10/h2-7H,1H3. The first-order valence-electron chi connectivity index (χ1n) is 4.63. The van der Waals surface area contributed by atoms with E-state index in [1.807, 2.05) is 24.3 Å². The van der Waals surface area contributed by atoms with Crippen LogP contribution < -0.4 is 4.74 Å². The van der Waals surface area contributed by atoms with Crippen LogP contribution in [0.3, 0.4) is 0 Å². The summed E-state index contributed by atoms with van der Waals surface area (Å²) in [4.78, 5) is 14.5. The molecule has 0 amide bonds. The van der Waals surface area contributed by atoms with E-state index in [2.05, 4.69) is 15.2 Å². The second kappa shape index (κ2) is 4.48. The Kier molecular flexibility index (Phi) is 2.86. The van der Waals surface area contributed by atoms with Gasteiger partial charge in [0.1, 0.15) is 5.75 Å². The highest BCUT2D eigenvalue weighted by Crippen LogP contribution is 2.19. The molecule has 0 N–H and O–H groups in total. The van der Waals surface area contributed by atoms with Gasteiger partial charge in [-0.2, -0.15) is 5.10 Å². The lowest BCUT2D eigenvalue weighted by Gasteiger charge is -2.02. The number of nitrogens with zero attached hydrogens (tertiary/aromatic N) is 3. The third kappa shape index (κ3) is 2.03. The van der Waals surface area contributed by atoms with Gasteiger partial charge in [0.05, 0.1) is 19.0 Å². The monoisotopic (exact) mass is 215 g/mol. The lowest BCUT2D eigenvalue weighted by atomic mass is 10.1. The molecule has 0 saturated heterocycles. The van der Waals surface area contributed by atoms with Crippen molar-refractivity contribution in [3.05, 3.63) is 36.3 Å². The minimum absolute atomic E-state index is 0.0771. The molecule has 0 unspecified atom stereocenters. The molecule has 16 heavy (non-hydrogen) atoms. The summed E-state index contributed by atoms with van der Waals surface area (Å²) in [6, 6.07) is 7.32. The highest BCUT2D eigenvalue weighted by molar-refractivity contribution is 5.70. The lowest BCUT2D eigenvalue weighted by molar-refractivity contribution is 0.111. The third-order valence-electron chi connectivity index (χ3n) is 2.07. The maximum Gasteiger partial charge on any atom is 0.215 e. The summed E-state index contributed by atoms with van der Waals surface area (Å²) >= 11 is 0. The molecule has 0 aliphatic carbocycles. The van der Waals surface area contributed by atoms with Crippen LogP contribution in [-0.2, 0) is 0 Å². The Balaban J connectivity index is 2.38. The molecule has 0 spiro atoms. The molecule has 0 saturated carbocycles. The van der Waals surface area contributed by atoms with Crippen molar-refractivity contribution >= 4 is 6.29 Å². The number of hydrogen-bond acceptors (Lipinski definition) is 5. The van der Waals surface area contributed by atoms with Crippen molar-refractivity contribution in [3.8, 4) is 17.0 Å². The topological polar surface area (TPSA) is 65.0 Å². The minimum atomic E-state index is 0.0771. The molecule has 1 aromatic carbocycles. The highest BCUT2D eigenvalue weighted by atomic mass is 16.5. The summed E-state index contributed by atoms with van der Waals surface area (Å²) < 4.78 is 5.05. The Bertz CT molecular complexity index is 497. The van der Waals surface area contributed by atoms with Crippen LogP contribution in [0.1, 0.15) is 10.6 Å². The average molecular weight is 215 g/mol. The van der Waals surface area contributed by atoms with Crippen LogP contribution in [0, 0.1) is 0 Å². The van der Waals surface area contributed by atoms with Crippen molar-refractivity contribution in [2.45, 2.75) is 0 Å². The summed E-state index contributed by atoms with van der Waals surface area (Å²) in [6.07, 6.45) is 2.08. The number of ether oxygens (including phenoxy) is 1. The molecule has 0 bridgehead atoms. The fourth-order valence-electron chi connectivity index (χ4n) is 1.27. The van der Waals surface area contributed by atoms with Gasteiger partial charge in [-0.15, -0.1) is 5.10 Å². The second-order valence-electron chi connectivity index (χ2n) is 3.05. The van der Waals surface area contributed by atoms with Crippen LogP contribution in [0.15, 0.2) is 30.5 Å². The predicted molar refractivity (Wildman–Crippen MR) is 57.2 cm³/mol. The van der Waals surface area contributed by atoms with Gasteiger partial charge < -0.3 is 4.74 Å². The predicted octanol–water partition coefficient (Wildman–Crippen LogP) is 1.36. The van der Waals surface area contributed by atoms with Crippen LogP contribution in [-0.4, -0.2) is 28.6 Å². The van der Waals surface area contributed by atoms with E-state index in [-0.39, 0.29) is 5.82 Å². The molecule has 1 aromatic heterocycles. The van der Waals surface area contributed by atoms with Crippen molar-refractivity contribution in [1.29, 1.82) is 0 Å². The van der Waals surface area contributed by atoms with E-state index < -0.39 is 0 Å². The molecule has 0 atom stereocenters. The minimum Gasteiger partial charge on any atom is -0.497 e. The molecule has 0 radical (unpaired) electrons. The Morgan fingerprint density at radius 1 is 1.25 bits per heavy atom. The van der Waals surface area contributed by atoms with Gasteiger partial charge in [0.15, 0.2) is 6.29 Å². The molecule has 5 heteroatoms. The van der Waals surface area contributed by atoms with Crippen LogP contribution in [0.5, 0.6) is 5.75 Å². The number of hydrogen-bond donors (Lipinski definition) is 0. The Hall–Kier alpha value is -2.30. The van der Waals surface area contributed by atoms with Gasteiger partial charge in [-0.25, -0.2) is 4.98 Å². The number of aldehydes is 1. The zero-order valence-electron chi connectivity index (χ0n) is 8.62. The molecule has 0 aliphatic rings. The van der Waals surface area contributed by atoms with Crippen LogP contribution >= 0.6 is 0 Å². The Morgan fingerprint density at radius 2 is 2.00 bits per heavy atom. The molecular weight excluding hydrogens is 206 g/mol. The molecule has 1 heterocycles. The normalized spacial score (nSPS) is 9.81. The first kappa shape index (κ1) is 10.2. The smallest absolute Gasteiger partial charge is 0.215 e. The molecule has 5 nitrogen and oxygen atoms in total. The lowest BCUT2D eigenvalue weighted by Crippen LogP contribution is -1.97. The van der Waals surface area contributed by atoms with Gasteiger partial charge in [0.2, 0.25) is 5.82 Å². The van der Waals surface area contributed by atoms with Crippen LogP contribution in [0.2, 0.25) is 0 Å². The molecule has 2 rings (SSSR count). The maximum absolute atomic E-state index is 10.5. The Labute approximate surface area is 92.1 Å². The molecule has 0 aliphatic heterocycles. The number of methoxy groups -OCH3 is 1. The number of aromatic nitrogens is 3. The van der Waals surface area contributed by atoms with Crippen molar-refractivity contribution in [2.75, 3.05) is 7.11 Å². The van der Waals surface area contributed by atoms with Crippen molar-refractivity contribution < 1.29 is 9.53 Å². The van der Waals surface area contributed by atoms with E-state index >= 15 is 0 Å². The summed E-state index contributed by atoms with van der Waals surface area (Å²) in [7, 11) is 1.60. The van der Waals surface area contributed by atoms with E-state index in [1.54, 1.807) is 7.11 Å². The maximum atomic E-state index is 10.5. The fourth-order valence-corrected chi connectivity index (χ4v) is 1.27. The van der Waals surface area contributed by atoms with E-state index in [0.29, 0.717) is 12.0 Å². The first-order valence-corrected chi connectivity index (χ1v) is 4.63. The van der Waals surface area contributed by atoms with E-state index in [0.717, 1.165) is 11.3 Å². The molecular formula is C11H9N3O2. The number of benzene rings is 1. The fraction of sp³-hybridized carbons (Fsp3) is 0.0909. The highest BCUT2D eigenvalue weighted by Gasteiger charge is 2.02. The summed E-state index contributed by atoms with van der Waals surface area (Å²) in [5.41, 5.74) is 1.47. The number of rotatable bonds is 3. The Morgan fingerprint density at radius 3 is 2.62 bits per heavy atom. The summed E-state index contributed by atoms with van der Waals surface area (Å²) in [5, 5.41) is 7.26. The molecule has 80 valence electrons. The van der Waals surface area contributed by atoms with Gasteiger partial charge in [0.25, 0.3) is 0 Å². The van der Waals surface area contributed by atoms with Crippen molar-refractivity contribution in [2.24, 2.45) is 0 Å². The van der Waals surface area contributed by atoms with Gasteiger partial charge in [-0.05, 0) is 24.3 Å². The third-order valence-corrected chi connectivity index (χ3v) is 2.07. The van der Waals surface area contributed by atoms with Gasteiger partial charge in [0, 0.05) is 5.56 Å². The summed E-state index contributed by atoms with van der Waals surface area (Å²) in [5.74, 6) is 0.842. The van der Waals surface area contributed by atoms with E-state index in [1.165, 1.54) is 6.20 Å². The van der Waals surface area contributed by atoms with Gasteiger partial charge >= 0.3 is 0 Å². The summed E-state index contributed by atoms with van der Waals surface area (Å²) in [6.45, 7) is 0.